The Morgan fingerprint density at radius 2 is 1.84 bits per heavy atom. The molecule has 0 aliphatic heterocycles. The van der Waals surface area contributed by atoms with Crippen molar-refractivity contribution in [3.8, 4) is 0 Å². The summed E-state index contributed by atoms with van der Waals surface area (Å²) in [5, 5.41) is 21.1. The highest BCUT2D eigenvalue weighted by Crippen LogP contribution is 2.15. The quantitative estimate of drug-likeness (QED) is 0.686. The summed E-state index contributed by atoms with van der Waals surface area (Å²) in [6.07, 6.45) is -1.50. The summed E-state index contributed by atoms with van der Waals surface area (Å²) in [5.41, 5.74) is -0.637. The molecule has 6 nitrogen and oxygen atoms in total. The van der Waals surface area contributed by atoms with Crippen LogP contribution in [-0.4, -0.2) is 40.0 Å². The van der Waals surface area contributed by atoms with Gasteiger partial charge in [-0.25, -0.2) is 4.79 Å². The number of alkyl carbamates (subject to hydrolysis) is 1. The molecule has 0 radical (unpaired) electrons. The molecular weight excluding hydrogens is 250 g/mol. The Bertz CT molecular complexity index is 311. The van der Waals surface area contributed by atoms with E-state index in [1.54, 1.807) is 20.8 Å². The first kappa shape index (κ1) is 17.7. The van der Waals surface area contributed by atoms with Crippen LogP contribution in [0.3, 0.4) is 0 Å². The largest absolute Gasteiger partial charge is 0.481 e. The van der Waals surface area contributed by atoms with Crippen LogP contribution in [0.1, 0.15) is 47.5 Å². The lowest BCUT2D eigenvalue weighted by Crippen LogP contribution is -2.49. The molecule has 0 aromatic heterocycles. The van der Waals surface area contributed by atoms with E-state index in [0.29, 0.717) is 6.42 Å². The van der Waals surface area contributed by atoms with Gasteiger partial charge in [-0.15, -0.1) is 0 Å². The van der Waals surface area contributed by atoms with Gasteiger partial charge in [0.1, 0.15) is 5.60 Å². The number of carbonyl (C=O) groups excluding carboxylic acids is 1. The summed E-state index contributed by atoms with van der Waals surface area (Å²) >= 11 is 0. The van der Waals surface area contributed by atoms with Gasteiger partial charge in [-0.2, -0.15) is 0 Å². The number of carboxylic acid groups (broad SMARTS) is 1. The van der Waals surface area contributed by atoms with E-state index in [0.717, 1.165) is 0 Å². The topological polar surface area (TPSA) is 95.9 Å². The minimum absolute atomic E-state index is 0.0538. The third-order valence-electron chi connectivity index (χ3n) is 2.74. The Kier molecular flexibility index (Phi) is 6.83. The lowest BCUT2D eigenvalue weighted by molar-refractivity contribution is -0.139. The number of hydrogen-bond acceptors (Lipinski definition) is 4. The van der Waals surface area contributed by atoms with E-state index in [1.807, 2.05) is 13.8 Å². The van der Waals surface area contributed by atoms with Crippen molar-refractivity contribution in [3.63, 3.8) is 0 Å². The molecular formula is C13H25NO5. The molecule has 3 unspecified atom stereocenters. The second-order valence-corrected chi connectivity index (χ2v) is 5.72. The summed E-state index contributed by atoms with van der Waals surface area (Å²) in [7, 11) is 0. The van der Waals surface area contributed by atoms with Crippen LogP contribution in [0.25, 0.3) is 0 Å². The van der Waals surface area contributed by atoms with Crippen molar-refractivity contribution in [1.29, 1.82) is 0 Å². The van der Waals surface area contributed by atoms with Crippen LogP contribution >= 0.6 is 0 Å². The van der Waals surface area contributed by atoms with Gasteiger partial charge in [-0.1, -0.05) is 20.3 Å². The molecule has 0 saturated carbocycles. The zero-order chi connectivity index (χ0) is 15.2. The number of aliphatic hydroxyl groups excluding tert-OH is 1. The van der Waals surface area contributed by atoms with Gasteiger partial charge in [0.2, 0.25) is 0 Å². The number of ether oxygens (including phenoxy) is 1. The van der Waals surface area contributed by atoms with Crippen LogP contribution in [0.5, 0.6) is 0 Å². The summed E-state index contributed by atoms with van der Waals surface area (Å²) < 4.78 is 5.11. The zero-order valence-electron chi connectivity index (χ0n) is 12.3. The number of hydrogen-bond donors (Lipinski definition) is 3. The highest BCUT2D eigenvalue weighted by atomic mass is 16.6. The summed E-state index contributed by atoms with van der Waals surface area (Å²) in [6, 6.07) is -0.643. The molecule has 0 aliphatic rings. The fraction of sp³-hybridized carbons (Fsp3) is 0.846. The molecule has 6 heteroatoms. The minimum atomic E-state index is -1.14. The predicted octanol–water partition coefficient (Wildman–Crippen LogP) is 1.76. The van der Waals surface area contributed by atoms with Crippen molar-refractivity contribution < 1.29 is 24.5 Å². The molecule has 112 valence electrons. The summed E-state index contributed by atoms with van der Waals surface area (Å²) in [4.78, 5) is 22.3. The minimum Gasteiger partial charge on any atom is -0.481 e. The van der Waals surface area contributed by atoms with E-state index in [-0.39, 0.29) is 5.92 Å². The fourth-order valence-corrected chi connectivity index (χ4v) is 1.62. The first-order valence-electron chi connectivity index (χ1n) is 6.46. The second kappa shape index (κ2) is 7.33. The molecule has 0 rings (SSSR count). The van der Waals surface area contributed by atoms with Crippen molar-refractivity contribution in [2.45, 2.75) is 65.2 Å². The van der Waals surface area contributed by atoms with E-state index in [1.165, 1.54) is 0 Å². The van der Waals surface area contributed by atoms with Crippen molar-refractivity contribution in [2.75, 3.05) is 0 Å². The van der Waals surface area contributed by atoms with Gasteiger partial charge in [-0.05, 0) is 26.7 Å². The highest BCUT2D eigenvalue weighted by Gasteiger charge is 2.29. The van der Waals surface area contributed by atoms with Crippen LogP contribution in [0.2, 0.25) is 0 Å². The van der Waals surface area contributed by atoms with E-state index in [4.69, 9.17) is 9.84 Å². The molecule has 1 amide bonds. The molecule has 0 aromatic carbocycles. The van der Waals surface area contributed by atoms with Gasteiger partial charge in [0.25, 0.3) is 0 Å². The van der Waals surface area contributed by atoms with Gasteiger partial charge in [0.15, 0.2) is 0 Å². The monoisotopic (exact) mass is 275 g/mol. The standard InChI is InChI=1S/C13H25NO5/c1-6-8(2)11(9(15)7-10(16)17)14-12(18)19-13(3,4)5/h8-9,11,15H,6-7H2,1-5H3,(H,14,18)(H,16,17). The molecule has 3 atom stereocenters. The van der Waals surface area contributed by atoms with Crippen LogP contribution in [0.15, 0.2) is 0 Å². The Balaban J connectivity index is 4.68. The highest BCUT2D eigenvalue weighted by molar-refractivity contribution is 5.69. The average molecular weight is 275 g/mol. The van der Waals surface area contributed by atoms with Crippen molar-refractivity contribution in [2.24, 2.45) is 5.92 Å². The maximum absolute atomic E-state index is 11.7. The number of nitrogens with one attached hydrogen (secondary N) is 1. The first-order valence-corrected chi connectivity index (χ1v) is 6.46. The second-order valence-electron chi connectivity index (χ2n) is 5.72. The Morgan fingerprint density at radius 1 is 1.32 bits per heavy atom. The van der Waals surface area contributed by atoms with Crippen molar-refractivity contribution >= 4 is 12.1 Å². The molecule has 0 heterocycles. The summed E-state index contributed by atoms with van der Waals surface area (Å²) in [6.45, 7) is 8.95. The number of carboxylic acids is 1. The number of aliphatic carboxylic acids is 1. The summed E-state index contributed by atoms with van der Waals surface area (Å²) in [5.74, 6) is -1.16. The fourth-order valence-electron chi connectivity index (χ4n) is 1.62. The third kappa shape index (κ3) is 7.66. The molecule has 3 N–H and O–H groups in total. The van der Waals surface area contributed by atoms with E-state index in [9.17, 15) is 14.7 Å². The Labute approximate surface area is 114 Å². The number of rotatable bonds is 6. The Morgan fingerprint density at radius 3 is 2.21 bits per heavy atom. The molecule has 0 aliphatic carbocycles. The normalized spacial score (nSPS) is 16.3. The maximum atomic E-state index is 11.7. The van der Waals surface area contributed by atoms with Crippen LogP contribution < -0.4 is 5.32 Å². The maximum Gasteiger partial charge on any atom is 0.407 e. The predicted molar refractivity (Wildman–Crippen MR) is 70.9 cm³/mol. The lowest BCUT2D eigenvalue weighted by Gasteiger charge is -2.29. The first-order chi connectivity index (χ1) is 8.56. The van der Waals surface area contributed by atoms with Gasteiger partial charge < -0.3 is 20.3 Å². The zero-order valence-corrected chi connectivity index (χ0v) is 12.3. The van der Waals surface area contributed by atoms with Gasteiger partial charge >= 0.3 is 12.1 Å². The van der Waals surface area contributed by atoms with E-state index < -0.39 is 36.2 Å². The molecule has 19 heavy (non-hydrogen) atoms. The average Bonchev–Trinajstić information content (AvgIpc) is 2.21. The number of amides is 1. The van der Waals surface area contributed by atoms with Gasteiger partial charge in [0, 0.05) is 0 Å². The van der Waals surface area contributed by atoms with Crippen molar-refractivity contribution in [3.05, 3.63) is 0 Å². The third-order valence-corrected chi connectivity index (χ3v) is 2.74. The van der Waals surface area contributed by atoms with Crippen LogP contribution in [-0.2, 0) is 9.53 Å². The number of aliphatic hydroxyl groups is 1. The van der Waals surface area contributed by atoms with E-state index >= 15 is 0 Å². The lowest BCUT2D eigenvalue weighted by atomic mass is 9.93. The molecule has 0 aromatic rings. The molecule has 0 fully saturated rings. The molecule has 0 saturated heterocycles. The van der Waals surface area contributed by atoms with E-state index in [2.05, 4.69) is 5.32 Å². The van der Waals surface area contributed by atoms with Gasteiger partial charge in [-0.3, -0.25) is 4.79 Å². The van der Waals surface area contributed by atoms with Crippen LogP contribution in [0, 0.1) is 5.92 Å². The Hall–Kier alpha value is -1.30. The van der Waals surface area contributed by atoms with Crippen molar-refractivity contribution in [1.82, 2.24) is 5.32 Å². The number of carbonyl (C=O) groups is 2. The van der Waals surface area contributed by atoms with Crippen LogP contribution in [0.4, 0.5) is 4.79 Å². The SMILES string of the molecule is CCC(C)C(NC(=O)OC(C)(C)C)C(O)CC(=O)O. The molecule has 0 bridgehead atoms. The van der Waals surface area contributed by atoms with Gasteiger partial charge in [0.05, 0.1) is 18.6 Å². The molecule has 0 spiro atoms. The smallest absolute Gasteiger partial charge is 0.407 e.